The zero-order valence-corrected chi connectivity index (χ0v) is 42.0. The summed E-state index contributed by atoms with van der Waals surface area (Å²) in [5.74, 6) is 1.87. The SMILES string of the molecule is CC(C)C1=C2[C@H]3CC[C@@H]4[C@@]5(C)CC[C@H](OC(=O)[C@H]6C[C@@H](OC=O)C6(C)C)C(C)(C)[C@@H]5CC[C@@]4(C)[C@]3(C)CC[C@@]2(NC(=O)N2CCC[C@H]2c2ncc(-c3ccccc3)n2CCN(C)C)CC1=O. The highest BCUT2D eigenvalue weighted by Crippen LogP contribution is 2.76. The fourth-order valence-corrected chi connectivity index (χ4v) is 16.3. The molecule has 1 saturated heterocycles. The smallest absolute Gasteiger partial charge is 0.318 e. The number of urea groups is 1. The number of amides is 2. The molecule has 2 amide bonds. The first kappa shape index (κ1) is 47.1. The molecule has 2 aromatic rings. The minimum Gasteiger partial charge on any atom is -0.464 e. The average molecular weight is 906 g/mol. The Hall–Kier alpha value is -3.99. The van der Waals surface area contributed by atoms with E-state index in [4.69, 9.17) is 14.5 Å². The van der Waals surface area contributed by atoms with Crippen LogP contribution in [0.1, 0.15) is 151 Å². The van der Waals surface area contributed by atoms with Crippen LogP contribution in [0, 0.1) is 56.7 Å². The third-order valence-electron chi connectivity index (χ3n) is 20.2. The van der Waals surface area contributed by atoms with Gasteiger partial charge in [-0.3, -0.25) is 14.4 Å². The first-order chi connectivity index (χ1) is 31.1. The number of hydrogen-bond acceptors (Lipinski definition) is 8. The number of benzene rings is 1. The number of carbonyl (C=O) groups excluding carboxylic acids is 4. The van der Waals surface area contributed by atoms with Crippen LogP contribution in [-0.2, 0) is 30.4 Å². The van der Waals surface area contributed by atoms with Crippen molar-refractivity contribution in [3.05, 3.63) is 53.5 Å². The number of rotatable bonds is 11. The molecule has 1 N–H and O–H groups in total. The van der Waals surface area contributed by atoms with Gasteiger partial charge in [0.25, 0.3) is 6.47 Å². The number of esters is 1. The van der Waals surface area contributed by atoms with Crippen LogP contribution in [0.25, 0.3) is 11.3 Å². The number of fused-ring (bicyclic) bond motifs is 7. The van der Waals surface area contributed by atoms with Gasteiger partial charge in [-0.1, -0.05) is 92.6 Å². The summed E-state index contributed by atoms with van der Waals surface area (Å²) in [6, 6.07) is 10.2. The molecular weight excluding hydrogens is 827 g/mol. The van der Waals surface area contributed by atoms with E-state index in [-0.39, 0.29) is 75.4 Å². The largest absolute Gasteiger partial charge is 0.464 e. The summed E-state index contributed by atoms with van der Waals surface area (Å²) in [5.41, 5.74) is 3.12. The Balaban J connectivity index is 0.970. The lowest BCUT2D eigenvalue weighted by molar-refractivity contribution is -0.236. The highest BCUT2D eigenvalue weighted by molar-refractivity contribution is 6.02. The predicted molar refractivity (Wildman–Crippen MR) is 256 cm³/mol. The number of nitrogens with zero attached hydrogens (tertiary/aromatic N) is 4. The maximum atomic E-state index is 15.1. The van der Waals surface area contributed by atoms with Crippen LogP contribution in [0.5, 0.6) is 0 Å². The van der Waals surface area contributed by atoms with E-state index in [1.54, 1.807) is 0 Å². The topological polar surface area (TPSA) is 123 Å². The highest BCUT2D eigenvalue weighted by Gasteiger charge is 2.71. The number of likely N-dealkylation sites (N-methyl/N-ethyl adjacent to an activating group) is 1. The van der Waals surface area contributed by atoms with Crippen LogP contribution in [0.4, 0.5) is 4.79 Å². The zero-order chi connectivity index (χ0) is 47.4. The maximum Gasteiger partial charge on any atom is 0.318 e. The molecule has 1 aliphatic heterocycles. The fraction of sp³-hybridized carbons (Fsp3) is 0.727. The summed E-state index contributed by atoms with van der Waals surface area (Å²) >= 11 is 0. The van der Waals surface area contributed by atoms with Gasteiger partial charge >= 0.3 is 12.0 Å². The van der Waals surface area contributed by atoms with Gasteiger partial charge in [0.05, 0.1) is 29.4 Å². The van der Waals surface area contributed by atoms with Gasteiger partial charge < -0.3 is 29.2 Å². The Kier molecular flexibility index (Phi) is 11.9. The second-order valence-electron chi connectivity index (χ2n) is 24.5. The van der Waals surface area contributed by atoms with Gasteiger partial charge in [0.2, 0.25) is 0 Å². The molecule has 11 heteroatoms. The van der Waals surface area contributed by atoms with Crippen molar-refractivity contribution in [1.82, 2.24) is 24.7 Å². The molecule has 0 bridgehead atoms. The molecule has 6 fully saturated rings. The zero-order valence-electron chi connectivity index (χ0n) is 42.0. The fourth-order valence-electron chi connectivity index (χ4n) is 16.3. The van der Waals surface area contributed by atoms with Crippen molar-refractivity contribution in [3.8, 4) is 11.3 Å². The van der Waals surface area contributed by atoms with Crippen molar-refractivity contribution in [1.29, 1.82) is 0 Å². The molecule has 1 aromatic carbocycles. The number of likely N-dealkylation sites (tertiary alicyclic amines) is 1. The van der Waals surface area contributed by atoms with Crippen molar-refractivity contribution >= 4 is 24.3 Å². The molecule has 11 nitrogen and oxygen atoms in total. The number of imidazole rings is 1. The summed E-state index contributed by atoms with van der Waals surface area (Å²) in [7, 11) is 4.18. The number of ether oxygens (including phenoxy) is 2. The molecule has 6 aliphatic carbocycles. The number of hydrogen-bond donors (Lipinski definition) is 1. The van der Waals surface area contributed by atoms with E-state index in [1.165, 1.54) is 5.57 Å². The van der Waals surface area contributed by atoms with Crippen molar-refractivity contribution < 1.29 is 28.7 Å². The van der Waals surface area contributed by atoms with Gasteiger partial charge in [-0.2, -0.15) is 0 Å². The molecule has 11 atom stereocenters. The Labute approximate surface area is 394 Å². The molecule has 1 aromatic heterocycles. The summed E-state index contributed by atoms with van der Waals surface area (Å²) in [6.07, 6.45) is 12.0. The Morgan fingerprint density at radius 2 is 1.64 bits per heavy atom. The van der Waals surface area contributed by atoms with Gasteiger partial charge in [-0.05, 0) is 141 Å². The van der Waals surface area contributed by atoms with Crippen LogP contribution in [0.2, 0.25) is 0 Å². The second kappa shape index (κ2) is 16.6. The highest BCUT2D eigenvalue weighted by atomic mass is 16.6. The molecule has 5 saturated carbocycles. The number of allylic oxidation sites excluding steroid dienone is 1. The summed E-state index contributed by atoms with van der Waals surface area (Å²) in [6.45, 7) is 23.5. The first-order valence-corrected chi connectivity index (χ1v) is 25.6. The van der Waals surface area contributed by atoms with Crippen molar-refractivity contribution in [2.45, 2.75) is 170 Å². The number of ketones is 1. The number of Topliss-reactive ketones (excluding diaryl/α,β-unsaturated/α-hetero) is 1. The van der Waals surface area contributed by atoms with Gasteiger partial charge in [0.15, 0.2) is 5.78 Å². The van der Waals surface area contributed by atoms with E-state index >= 15 is 4.79 Å². The summed E-state index contributed by atoms with van der Waals surface area (Å²) < 4.78 is 14.1. The maximum absolute atomic E-state index is 15.1. The predicted octanol–water partition coefficient (Wildman–Crippen LogP) is 10.2. The monoisotopic (exact) mass is 906 g/mol. The van der Waals surface area contributed by atoms with E-state index in [1.807, 2.05) is 31.0 Å². The normalized spacial score (nSPS) is 37.7. The molecule has 0 radical (unpaired) electrons. The number of nitrogens with one attached hydrogen (secondary N) is 1. The number of aromatic nitrogens is 2. The van der Waals surface area contributed by atoms with Crippen LogP contribution < -0.4 is 5.32 Å². The van der Waals surface area contributed by atoms with Gasteiger partial charge in [0, 0.05) is 36.9 Å². The number of carbonyl (C=O) groups is 4. The minimum atomic E-state index is -0.691. The Morgan fingerprint density at radius 3 is 2.32 bits per heavy atom. The lowest BCUT2D eigenvalue weighted by atomic mass is 9.33. The standard InChI is InChI=1S/C55H79N5O6/c1-34(2)45-40(62)31-55(57-49(64)60-27-15-18-38(60)47-56-32-39(35-16-13-12-14-17-35)59(47)29-28-58(10)11)26-25-53(8)36(46(45)55)19-20-42-52(7)23-22-43(51(5,6)41(52)21-24-54(42,53)9)66-48(63)37-30-44(65-33-61)50(37,3)4/h12-14,16-17,32-34,36-38,41-44H,15,18-31H2,1-11H3,(H,57,64)/t36-,37-,38+,41+,42-,43+,44-,52+,53-,54-,55-/m1/s1. The van der Waals surface area contributed by atoms with E-state index in [0.717, 1.165) is 100.0 Å². The molecule has 7 aliphatic rings. The van der Waals surface area contributed by atoms with Crippen LogP contribution in [0.15, 0.2) is 47.7 Å². The van der Waals surface area contributed by atoms with Gasteiger partial charge in [0.1, 0.15) is 18.0 Å². The lowest BCUT2D eigenvalue weighted by Gasteiger charge is -2.72. The molecule has 360 valence electrons. The second-order valence-corrected chi connectivity index (χ2v) is 24.5. The molecule has 66 heavy (non-hydrogen) atoms. The van der Waals surface area contributed by atoms with Gasteiger partial charge in [-0.15, -0.1) is 0 Å². The quantitative estimate of drug-likeness (QED) is 0.175. The minimum absolute atomic E-state index is 0.0291. The third kappa shape index (κ3) is 7.06. The summed E-state index contributed by atoms with van der Waals surface area (Å²) in [4.78, 5) is 63.7. The molecule has 0 unspecified atom stereocenters. The Morgan fingerprint density at radius 1 is 0.894 bits per heavy atom. The van der Waals surface area contributed by atoms with E-state index in [0.29, 0.717) is 37.7 Å². The summed E-state index contributed by atoms with van der Waals surface area (Å²) in [5, 5.41) is 3.71. The van der Waals surface area contributed by atoms with Crippen molar-refractivity contribution in [2.24, 2.45) is 56.7 Å². The van der Waals surface area contributed by atoms with Crippen LogP contribution in [-0.4, -0.2) is 88.5 Å². The average Bonchev–Trinajstić information content (AvgIpc) is 3.99. The molecule has 9 rings (SSSR count). The molecule has 0 spiro atoms. The van der Waals surface area contributed by atoms with E-state index in [2.05, 4.69) is 102 Å². The van der Waals surface area contributed by atoms with Crippen molar-refractivity contribution in [2.75, 3.05) is 27.2 Å². The molecular formula is C55H79N5O6. The Bertz CT molecular complexity index is 2260. The first-order valence-electron chi connectivity index (χ1n) is 25.6. The van der Waals surface area contributed by atoms with Crippen LogP contribution >= 0.6 is 0 Å². The van der Waals surface area contributed by atoms with E-state index in [9.17, 15) is 14.4 Å². The molecule has 2 heterocycles. The third-order valence-corrected chi connectivity index (χ3v) is 20.2. The van der Waals surface area contributed by atoms with Crippen LogP contribution in [0.3, 0.4) is 0 Å². The van der Waals surface area contributed by atoms with E-state index < -0.39 is 11.0 Å². The lowest BCUT2D eigenvalue weighted by Crippen LogP contribution is -2.67. The van der Waals surface area contributed by atoms with Gasteiger partial charge in [-0.25, -0.2) is 9.78 Å². The van der Waals surface area contributed by atoms with Crippen molar-refractivity contribution in [3.63, 3.8) is 0 Å².